The summed E-state index contributed by atoms with van der Waals surface area (Å²) in [6, 6.07) is 24.1. The van der Waals surface area contributed by atoms with Crippen LogP contribution in [-0.4, -0.2) is 57.3 Å². The maximum atomic E-state index is 14.0. The zero-order valence-electron chi connectivity index (χ0n) is 26.4. The maximum absolute atomic E-state index is 14.0. The Hall–Kier alpha value is -4.66. The third-order valence-corrected chi connectivity index (χ3v) is 8.18. The lowest BCUT2D eigenvalue weighted by molar-refractivity contribution is -0.144. The van der Waals surface area contributed by atoms with E-state index < -0.39 is 41.4 Å². The van der Waals surface area contributed by atoms with Crippen LogP contribution in [0.15, 0.2) is 84.9 Å². The minimum atomic E-state index is -1.35. The standard InChI is InChI=1S/C36H43N3O6/c1-5-6-20-29(33(41)34(42)37-25(2)26-15-9-7-10-16-26)39(35(43)44)31-23-36(3,4)24-38(31)32(40)22-27-17-13-14-21-30(27)45-28-18-11-8-12-19-28/h7-19,21,25,29,31H,5-6,20,22-24H2,1-4H3,(H,37,42)(H,43,44)/t25-,29+,31?/m1/s1. The molecule has 2 N–H and O–H groups in total. The molecule has 1 heterocycles. The molecule has 1 aliphatic heterocycles. The van der Waals surface area contributed by atoms with Crippen molar-refractivity contribution < 1.29 is 29.0 Å². The molecule has 0 saturated carbocycles. The van der Waals surface area contributed by atoms with Gasteiger partial charge < -0.3 is 20.1 Å². The van der Waals surface area contributed by atoms with Crippen molar-refractivity contribution in [1.29, 1.82) is 0 Å². The summed E-state index contributed by atoms with van der Waals surface area (Å²) in [5.74, 6) is -0.799. The second-order valence-electron chi connectivity index (χ2n) is 12.4. The third kappa shape index (κ3) is 8.50. The number of carbonyl (C=O) groups is 4. The molecule has 45 heavy (non-hydrogen) atoms. The Kier molecular flexibility index (Phi) is 11.0. The molecular formula is C36H43N3O6. The number of ketones is 1. The lowest BCUT2D eigenvalue weighted by atomic mass is 9.91. The quantitative estimate of drug-likeness (QED) is 0.210. The zero-order chi connectivity index (χ0) is 32.6. The van der Waals surface area contributed by atoms with Gasteiger partial charge in [-0.1, -0.05) is 100 Å². The van der Waals surface area contributed by atoms with Crippen LogP contribution in [0.1, 0.15) is 70.5 Å². The SMILES string of the molecule is CCCC[C@@H](C(=O)C(=O)N[C@H](C)c1ccccc1)N(C(=O)O)C1CC(C)(C)CN1C(=O)Cc1ccccc1Oc1ccccc1. The van der Waals surface area contributed by atoms with E-state index >= 15 is 0 Å². The number of Topliss-reactive ketones (excluding diaryl/α,β-unsaturated/α-hetero) is 1. The smallest absolute Gasteiger partial charge is 0.409 e. The van der Waals surface area contributed by atoms with Crippen molar-refractivity contribution in [2.45, 2.75) is 78.0 Å². The first kappa shape index (κ1) is 33.2. The molecule has 1 fully saturated rings. The Morgan fingerprint density at radius 1 is 0.978 bits per heavy atom. The molecule has 3 atom stereocenters. The minimum Gasteiger partial charge on any atom is -0.465 e. The lowest BCUT2D eigenvalue weighted by Gasteiger charge is -2.38. The fourth-order valence-corrected chi connectivity index (χ4v) is 5.87. The number of amides is 3. The third-order valence-electron chi connectivity index (χ3n) is 8.18. The van der Waals surface area contributed by atoms with Gasteiger partial charge in [-0.3, -0.25) is 19.3 Å². The molecule has 1 aliphatic rings. The van der Waals surface area contributed by atoms with Gasteiger partial charge in [-0.15, -0.1) is 0 Å². The average Bonchev–Trinajstić information content (AvgIpc) is 3.35. The van der Waals surface area contributed by atoms with Crippen molar-refractivity contribution in [3.8, 4) is 11.5 Å². The molecule has 0 bridgehead atoms. The van der Waals surface area contributed by atoms with E-state index in [1.54, 1.807) is 17.9 Å². The Morgan fingerprint density at radius 3 is 2.24 bits per heavy atom. The van der Waals surface area contributed by atoms with Crippen molar-refractivity contribution in [1.82, 2.24) is 15.1 Å². The Bertz CT molecular complexity index is 1480. The van der Waals surface area contributed by atoms with Gasteiger partial charge in [0.2, 0.25) is 11.7 Å². The summed E-state index contributed by atoms with van der Waals surface area (Å²) in [4.78, 5) is 56.5. The lowest BCUT2D eigenvalue weighted by Crippen LogP contribution is -2.58. The number of unbranched alkanes of at least 4 members (excludes halogenated alkanes) is 1. The van der Waals surface area contributed by atoms with Crippen molar-refractivity contribution in [3.05, 3.63) is 96.1 Å². The van der Waals surface area contributed by atoms with Crippen molar-refractivity contribution in [2.75, 3.05) is 6.54 Å². The van der Waals surface area contributed by atoms with E-state index in [1.807, 2.05) is 99.6 Å². The molecule has 3 amide bonds. The predicted molar refractivity (Wildman–Crippen MR) is 172 cm³/mol. The van der Waals surface area contributed by atoms with Crippen LogP contribution in [0.3, 0.4) is 0 Å². The number of nitrogens with one attached hydrogen (secondary N) is 1. The molecule has 0 aliphatic carbocycles. The summed E-state index contributed by atoms with van der Waals surface area (Å²) in [6.07, 6.45) is -0.552. The molecule has 1 saturated heterocycles. The Balaban J connectivity index is 1.60. The van der Waals surface area contributed by atoms with Crippen LogP contribution in [0.2, 0.25) is 0 Å². The highest BCUT2D eigenvalue weighted by Gasteiger charge is 2.48. The first-order valence-corrected chi connectivity index (χ1v) is 15.5. The molecule has 238 valence electrons. The molecule has 0 radical (unpaired) electrons. The highest BCUT2D eigenvalue weighted by molar-refractivity contribution is 6.38. The van der Waals surface area contributed by atoms with Gasteiger partial charge in [0.05, 0.1) is 12.5 Å². The number of nitrogens with zero attached hydrogens (tertiary/aromatic N) is 2. The Morgan fingerprint density at radius 2 is 1.60 bits per heavy atom. The molecule has 4 rings (SSSR count). The topological polar surface area (TPSA) is 116 Å². The molecule has 0 aromatic heterocycles. The first-order valence-electron chi connectivity index (χ1n) is 15.5. The van der Waals surface area contributed by atoms with Crippen molar-refractivity contribution in [2.24, 2.45) is 5.41 Å². The fraction of sp³-hybridized carbons (Fsp3) is 0.389. The van der Waals surface area contributed by atoms with Crippen LogP contribution >= 0.6 is 0 Å². The van der Waals surface area contributed by atoms with Crippen LogP contribution in [0.5, 0.6) is 11.5 Å². The molecule has 9 heteroatoms. The summed E-state index contributed by atoms with van der Waals surface area (Å²) < 4.78 is 6.07. The predicted octanol–water partition coefficient (Wildman–Crippen LogP) is 6.59. The fourth-order valence-electron chi connectivity index (χ4n) is 5.87. The maximum Gasteiger partial charge on any atom is 0.409 e. The average molecular weight is 614 g/mol. The summed E-state index contributed by atoms with van der Waals surface area (Å²) in [5, 5.41) is 13.3. The second-order valence-corrected chi connectivity index (χ2v) is 12.4. The number of para-hydroxylation sites is 2. The van der Waals surface area contributed by atoms with Gasteiger partial charge in [0.25, 0.3) is 5.91 Å². The molecule has 3 aromatic rings. The number of carbonyl (C=O) groups excluding carboxylic acids is 3. The van der Waals surface area contributed by atoms with Crippen LogP contribution in [0, 0.1) is 5.41 Å². The summed E-state index contributed by atoms with van der Waals surface area (Å²) in [7, 11) is 0. The van der Waals surface area contributed by atoms with Crippen LogP contribution in [0.25, 0.3) is 0 Å². The van der Waals surface area contributed by atoms with E-state index in [0.717, 1.165) is 10.5 Å². The normalized spacial score (nSPS) is 16.8. The number of carboxylic acid groups (broad SMARTS) is 1. The van der Waals surface area contributed by atoms with Gasteiger partial charge in [0.15, 0.2) is 0 Å². The van der Waals surface area contributed by atoms with Crippen molar-refractivity contribution in [3.63, 3.8) is 0 Å². The molecule has 9 nitrogen and oxygen atoms in total. The van der Waals surface area contributed by atoms with E-state index in [-0.39, 0.29) is 18.7 Å². The number of likely N-dealkylation sites (tertiary alicyclic amines) is 1. The highest BCUT2D eigenvalue weighted by atomic mass is 16.5. The number of hydrogen-bond donors (Lipinski definition) is 2. The van der Waals surface area contributed by atoms with Gasteiger partial charge in [-0.25, -0.2) is 4.79 Å². The number of rotatable bonds is 13. The van der Waals surface area contributed by atoms with Gasteiger partial charge in [-0.2, -0.15) is 0 Å². The van der Waals surface area contributed by atoms with Crippen LogP contribution in [0.4, 0.5) is 4.79 Å². The van der Waals surface area contributed by atoms with E-state index in [0.29, 0.717) is 42.9 Å². The van der Waals surface area contributed by atoms with Gasteiger partial charge in [0, 0.05) is 12.1 Å². The van der Waals surface area contributed by atoms with E-state index in [4.69, 9.17) is 4.74 Å². The number of hydrogen-bond acceptors (Lipinski definition) is 5. The second kappa shape index (κ2) is 14.9. The Labute approximate surface area is 265 Å². The van der Waals surface area contributed by atoms with Gasteiger partial charge in [0.1, 0.15) is 23.7 Å². The summed E-state index contributed by atoms with van der Waals surface area (Å²) in [6.45, 7) is 7.95. The molecule has 3 aromatic carbocycles. The van der Waals surface area contributed by atoms with Gasteiger partial charge >= 0.3 is 6.09 Å². The highest BCUT2D eigenvalue weighted by Crippen LogP contribution is 2.38. The van der Waals surface area contributed by atoms with Crippen LogP contribution in [-0.2, 0) is 20.8 Å². The molecule has 1 unspecified atom stereocenters. The van der Waals surface area contributed by atoms with Gasteiger partial charge in [-0.05, 0) is 48.9 Å². The van der Waals surface area contributed by atoms with E-state index in [2.05, 4.69) is 5.32 Å². The molecular weight excluding hydrogens is 570 g/mol. The first-order chi connectivity index (χ1) is 21.5. The summed E-state index contributed by atoms with van der Waals surface area (Å²) in [5.41, 5.74) is 1.06. The molecule has 0 spiro atoms. The van der Waals surface area contributed by atoms with Crippen LogP contribution < -0.4 is 10.1 Å². The zero-order valence-corrected chi connectivity index (χ0v) is 26.4. The minimum absolute atomic E-state index is 0.0221. The van der Waals surface area contributed by atoms with E-state index in [9.17, 15) is 24.3 Å². The van der Waals surface area contributed by atoms with Crippen molar-refractivity contribution >= 4 is 23.7 Å². The largest absolute Gasteiger partial charge is 0.465 e. The number of benzene rings is 3. The van der Waals surface area contributed by atoms with E-state index in [1.165, 1.54) is 0 Å². The number of ether oxygens (including phenoxy) is 1. The summed E-state index contributed by atoms with van der Waals surface area (Å²) >= 11 is 0. The monoisotopic (exact) mass is 613 g/mol.